The lowest BCUT2D eigenvalue weighted by molar-refractivity contribution is -0.142. The first-order valence-electron chi connectivity index (χ1n) is 11.2. The molecule has 0 aliphatic carbocycles. The molecule has 3 unspecified atom stereocenters. The number of H-pyrrole nitrogens is 2. The number of hydrogen-bond acceptors (Lipinski definition) is 7. The highest BCUT2D eigenvalue weighted by Crippen LogP contribution is 2.07. The van der Waals surface area contributed by atoms with Gasteiger partial charge in [0.15, 0.2) is 0 Å². The van der Waals surface area contributed by atoms with Crippen LogP contribution in [0.2, 0.25) is 0 Å². The van der Waals surface area contributed by atoms with Gasteiger partial charge in [0.1, 0.15) is 18.1 Å². The van der Waals surface area contributed by atoms with E-state index in [1.807, 2.05) is 0 Å². The molecule has 13 nitrogen and oxygen atoms in total. The number of carbonyl (C=O) groups is 4. The molecule has 2 aromatic heterocycles. The second-order valence-electron chi connectivity index (χ2n) is 8.04. The number of carboxylic acids is 1. The Hall–Kier alpha value is -4.52. The maximum absolute atomic E-state index is 13.2. The van der Waals surface area contributed by atoms with Gasteiger partial charge in [-0.15, -0.1) is 0 Å². The van der Waals surface area contributed by atoms with Gasteiger partial charge in [-0.3, -0.25) is 14.4 Å². The normalized spacial score (nSPS) is 13.2. The molecule has 190 valence electrons. The number of nitrogens with two attached hydrogens (primary N) is 1. The topological polar surface area (TPSA) is 208 Å². The van der Waals surface area contributed by atoms with Crippen LogP contribution in [0.3, 0.4) is 0 Å². The summed E-state index contributed by atoms with van der Waals surface area (Å²) < 4.78 is 0. The number of imidazole rings is 2. The third-order valence-corrected chi connectivity index (χ3v) is 5.33. The molecule has 2 heterocycles. The fraction of sp³-hybridized carbons (Fsp3) is 0.304. The minimum absolute atomic E-state index is 0.0108. The average Bonchev–Trinajstić information content (AvgIpc) is 3.57. The molecule has 3 aromatic rings. The zero-order valence-corrected chi connectivity index (χ0v) is 19.3. The van der Waals surface area contributed by atoms with E-state index in [0.29, 0.717) is 11.4 Å². The number of rotatable bonds is 13. The van der Waals surface area contributed by atoms with E-state index in [9.17, 15) is 24.3 Å². The molecule has 0 radical (unpaired) electrons. The Bertz CT molecular complexity index is 1130. The lowest BCUT2D eigenvalue weighted by atomic mass is 10.0. The van der Waals surface area contributed by atoms with Crippen molar-refractivity contribution in [3.8, 4) is 0 Å². The zero-order valence-electron chi connectivity index (χ0n) is 19.3. The van der Waals surface area contributed by atoms with E-state index < -0.39 is 41.8 Å². The third kappa shape index (κ3) is 7.77. The van der Waals surface area contributed by atoms with Crippen molar-refractivity contribution in [3.63, 3.8) is 0 Å². The fourth-order valence-corrected chi connectivity index (χ4v) is 3.50. The van der Waals surface area contributed by atoms with Crippen molar-refractivity contribution >= 4 is 23.7 Å². The Kier molecular flexibility index (Phi) is 9.28. The summed E-state index contributed by atoms with van der Waals surface area (Å²) in [6.07, 6.45) is 5.99. The molecule has 0 aliphatic rings. The first-order chi connectivity index (χ1) is 17.4. The maximum atomic E-state index is 13.2. The largest absolute Gasteiger partial charge is 0.480 e. The number of carbonyl (C=O) groups excluding carboxylic acids is 3. The van der Waals surface area contributed by atoms with Crippen molar-refractivity contribution in [1.29, 1.82) is 0 Å². The highest BCUT2D eigenvalue weighted by Gasteiger charge is 2.30. The number of carboxylic acid groups (broad SMARTS) is 1. The number of aromatic nitrogens is 4. The Labute approximate surface area is 206 Å². The van der Waals surface area contributed by atoms with Gasteiger partial charge in [-0.25, -0.2) is 14.8 Å². The highest BCUT2D eigenvalue weighted by atomic mass is 16.4. The molecule has 3 amide bonds. The average molecular weight is 497 g/mol. The van der Waals surface area contributed by atoms with E-state index in [-0.39, 0.29) is 25.8 Å². The summed E-state index contributed by atoms with van der Waals surface area (Å²) in [5, 5.41) is 17.3. The Morgan fingerprint density at radius 1 is 0.806 bits per heavy atom. The summed E-state index contributed by atoms with van der Waals surface area (Å²) in [6.45, 7) is -0.329. The van der Waals surface area contributed by atoms with Crippen LogP contribution in [-0.2, 0) is 38.4 Å². The van der Waals surface area contributed by atoms with Crippen LogP contribution in [-0.4, -0.2) is 73.4 Å². The molecule has 0 bridgehead atoms. The van der Waals surface area contributed by atoms with E-state index in [1.165, 1.54) is 25.0 Å². The minimum atomic E-state index is -1.22. The summed E-state index contributed by atoms with van der Waals surface area (Å²) in [5.41, 5.74) is 7.23. The van der Waals surface area contributed by atoms with Crippen molar-refractivity contribution in [2.24, 2.45) is 5.73 Å². The van der Waals surface area contributed by atoms with Crippen LogP contribution in [0.25, 0.3) is 0 Å². The highest BCUT2D eigenvalue weighted by molar-refractivity contribution is 5.93. The van der Waals surface area contributed by atoms with Crippen molar-refractivity contribution in [2.45, 2.75) is 37.4 Å². The number of amides is 3. The van der Waals surface area contributed by atoms with Gasteiger partial charge in [-0.05, 0) is 5.56 Å². The van der Waals surface area contributed by atoms with E-state index in [2.05, 4.69) is 35.9 Å². The second kappa shape index (κ2) is 12.8. The molecule has 0 fully saturated rings. The van der Waals surface area contributed by atoms with E-state index in [0.717, 1.165) is 5.56 Å². The molecule has 3 atom stereocenters. The molecule has 13 heteroatoms. The van der Waals surface area contributed by atoms with Gasteiger partial charge < -0.3 is 36.8 Å². The summed E-state index contributed by atoms with van der Waals surface area (Å²) in [7, 11) is 0. The zero-order chi connectivity index (χ0) is 25.9. The molecule has 0 saturated carbocycles. The predicted molar refractivity (Wildman–Crippen MR) is 127 cm³/mol. The number of aromatic amines is 2. The predicted octanol–water partition coefficient (Wildman–Crippen LogP) is -1.34. The minimum Gasteiger partial charge on any atom is -0.480 e. The first kappa shape index (κ1) is 26.1. The molecule has 0 saturated heterocycles. The Morgan fingerprint density at radius 3 is 1.81 bits per heavy atom. The van der Waals surface area contributed by atoms with E-state index in [1.54, 1.807) is 30.3 Å². The molecule has 36 heavy (non-hydrogen) atoms. The summed E-state index contributed by atoms with van der Waals surface area (Å²) >= 11 is 0. The quantitative estimate of drug-likeness (QED) is 0.150. The number of aliphatic carboxylic acids is 1. The van der Waals surface area contributed by atoms with Gasteiger partial charge in [-0.1, -0.05) is 30.3 Å². The maximum Gasteiger partial charge on any atom is 0.326 e. The van der Waals surface area contributed by atoms with E-state index in [4.69, 9.17) is 5.73 Å². The molecule has 8 N–H and O–H groups in total. The molecular weight excluding hydrogens is 468 g/mol. The van der Waals surface area contributed by atoms with Crippen LogP contribution in [0, 0.1) is 0 Å². The Morgan fingerprint density at radius 2 is 1.33 bits per heavy atom. The second-order valence-corrected chi connectivity index (χ2v) is 8.04. The lowest BCUT2D eigenvalue weighted by Gasteiger charge is -2.24. The van der Waals surface area contributed by atoms with Gasteiger partial charge in [0, 0.05) is 43.0 Å². The fourth-order valence-electron chi connectivity index (χ4n) is 3.50. The molecule has 0 aliphatic heterocycles. The number of nitrogens with one attached hydrogen (secondary N) is 5. The summed E-state index contributed by atoms with van der Waals surface area (Å²) in [4.78, 5) is 63.6. The summed E-state index contributed by atoms with van der Waals surface area (Å²) in [5.74, 6) is -3.13. The number of nitrogens with zero attached hydrogens (tertiary/aromatic N) is 2. The number of benzene rings is 1. The molecular formula is C23H28N8O5. The lowest BCUT2D eigenvalue weighted by Crippen LogP contribution is -2.57. The van der Waals surface area contributed by atoms with Crippen LogP contribution < -0.4 is 21.7 Å². The molecule has 0 spiro atoms. The number of hydrogen-bond donors (Lipinski definition) is 7. The summed E-state index contributed by atoms with van der Waals surface area (Å²) in [6, 6.07) is 5.42. The standard InChI is InChI=1S/C23H28N8O5/c24-9-20(32)29-17(7-15-10-25-12-27-15)21(33)30-18(8-16-11-26-13-28-16)22(34)31-19(23(35)36)6-14-4-2-1-3-5-14/h1-5,10-13,17-19H,6-9,24H2,(H,25,27)(H,26,28)(H,29,32)(H,30,33)(H,31,34)(H,35,36). The van der Waals surface area contributed by atoms with Gasteiger partial charge in [0.05, 0.1) is 19.2 Å². The van der Waals surface area contributed by atoms with Gasteiger partial charge in [-0.2, -0.15) is 0 Å². The monoisotopic (exact) mass is 496 g/mol. The van der Waals surface area contributed by atoms with Crippen LogP contribution in [0.5, 0.6) is 0 Å². The van der Waals surface area contributed by atoms with Gasteiger partial charge in [0.25, 0.3) is 0 Å². The van der Waals surface area contributed by atoms with Crippen LogP contribution >= 0.6 is 0 Å². The van der Waals surface area contributed by atoms with Crippen LogP contribution in [0.4, 0.5) is 0 Å². The third-order valence-electron chi connectivity index (χ3n) is 5.33. The van der Waals surface area contributed by atoms with Crippen molar-refractivity contribution in [1.82, 2.24) is 35.9 Å². The van der Waals surface area contributed by atoms with Gasteiger partial charge >= 0.3 is 5.97 Å². The molecule has 3 rings (SSSR count). The SMILES string of the molecule is NCC(=O)NC(Cc1cnc[nH]1)C(=O)NC(Cc1cnc[nH]1)C(=O)NC(Cc1ccccc1)C(=O)O. The van der Waals surface area contributed by atoms with Gasteiger partial charge in [0.2, 0.25) is 17.7 Å². The van der Waals surface area contributed by atoms with E-state index >= 15 is 0 Å². The van der Waals surface area contributed by atoms with Crippen LogP contribution in [0.1, 0.15) is 17.0 Å². The van der Waals surface area contributed by atoms with Crippen molar-refractivity contribution < 1.29 is 24.3 Å². The first-order valence-corrected chi connectivity index (χ1v) is 11.2. The Balaban J connectivity index is 1.77. The smallest absolute Gasteiger partial charge is 0.326 e. The van der Waals surface area contributed by atoms with Crippen LogP contribution in [0.15, 0.2) is 55.4 Å². The van der Waals surface area contributed by atoms with Crippen molar-refractivity contribution in [2.75, 3.05) is 6.54 Å². The molecule has 1 aromatic carbocycles. The van der Waals surface area contributed by atoms with Crippen molar-refractivity contribution in [3.05, 3.63) is 72.3 Å².